The number of hydrogen-bond acceptors (Lipinski definition) is 4. The number of amides is 1. The molecule has 27 heavy (non-hydrogen) atoms. The number of rotatable bonds is 5. The first-order chi connectivity index (χ1) is 12.9. The smallest absolute Gasteiger partial charge is 0.253 e. The molecule has 2 aromatic rings. The molecular formula is C18H18F2N3O3S-. The van der Waals surface area contributed by atoms with E-state index in [1.54, 1.807) is 17.0 Å². The van der Waals surface area contributed by atoms with Crippen molar-refractivity contribution in [1.82, 2.24) is 9.80 Å². The van der Waals surface area contributed by atoms with E-state index in [1.807, 2.05) is 4.90 Å². The van der Waals surface area contributed by atoms with Gasteiger partial charge in [0, 0.05) is 61.3 Å². The van der Waals surface area contributed by atoms with Crippen LogP contribution in [0.2, 0.25) is 0 Å². The number of benzene rings is 2. The van der Waals surface area contributed by atoms with Crippen molar-refractivity contribution in [1.29, 1.82) is 0 Å². The number of piperazine rings is 1. The largest absolute Gasteiger partial charge is 0.755 e. The van der Waals surface area contributed by atoms with Gasteiger partial charge >= 0.3 is 0 Å². The molecule has 144 valence electrons. The van der Waals surface area contributed by atoms with Gasteiger partial charge in [0.25, 0.3) is 5.91 Å². The summed E-state index contributed by atoms with van der Waals surface area (Å²) >= 11 is -2.41. The predicted octanol–water partition coefficient (Wildman–Crippen LogP) is 2.13. The fourth-order valence-electron chi connectivity index (χ4n) is 3.03. The van der Waals surface area contributed by atoms with Crippen LogP contribution in [-0.4, -0.2) is 50.6 Å². The molecule has 0 spiro atoms. The molecule has 1 aliphatic heterocycles. The molecule has 9 heteroatoms. The maximum Gasteiger partial charge on any atom is 0.253 e. The molecule has 0 radical (unpaired) electrons. The van der Waals surface area contributed by atoms with Crippen LogP contribution < -0.4 is 4.72 Å². The van der Waals surface area contributed by atoms with E-state index in [9.17, 15) is 22.3 Å². The Hall–Kier alpha value is -2.36. The van der Waals surface area contributed by atoms with Gasteiger partial charge < -0.3 is 14.2 Å². The Kier molecular flexibility index (Phi) is 6.15. The molecule has 0 aliphatic carbocycles. The van der Waals surface area contributed by atoms with Crippen LogP contribution in [0, 0.1) is 11.6 Å². The molecule has 0 saturated carbocycles. The third-order valence-corrected chi connectivity index (χ3v) is 4.72. The maximum absolute atomic E-state index is 13.3. The van der Waals surface area contributed by atoms with E-state index in [-0.39, 0.29) is 5.91 Å². The fourth-order valence-corrected chi connectivity index (χ4v) is 3.36. The second-order valence-corrected chi connectivity index (χ2v) is 6.93. The van der Waals surface area contributed by atoms with Crippen molar-refractivity contribution in [2.45, 2.75) is 6.54 Å². The molecule has 1 amide bonds. The summed E-state index contributed by atoms with van der Waals surface area (Å²) in [5, 5.41) is 0. The number of halogens is 2. The standard InChI is InChI=1S/C18H19F2N3O3S/c19-15-9-13(10-16(20)11-15)12-22-5-7-23(8-6-22)18(24)14-1-3-17(4-2-14)21-27(25)26/h1-4,9-11,21H,5-8,12H2,(H,25,26)/p-1. The summed E-state index contributed by atoms with van der Waals surface area (Å²) < 4.78 is 50.0. The second kappa shape index (κ2) is 8.55. The van der Waals surface area contributed by atoms with Crippen molar-refractivity contribution in [2.75, 3.05) is 30.9 Å². The second-order valence-electron chi connectivity index (χ2n) is 6.26. The van der Waals surface area contributed by atoms with Gasteiger partial charge in [0.2, 0.25) is 0 Å². The van der Waals surface area contributed by atoms with Gasteiger partial charge in [-0.15, -0.1) is 0 Å². The summed E-state index contributed by atoms with van der Waals surface area (Å²) in [4.78, 5) is 16.3. The highest BCUT2D eigenvalue weighted by molar-refractivity contribution is 7.80. The molecule has 1 N–H and O–H groups in total. The fraction of sp³-hybridized carbons (Fsp3) is 0.278. The molecule has 0 bridgehead atoms. The van der Waals surface area contributed by atoms with E-state index >= 15 is 0 Å². The molecule has 1 heterocycles. The zero-order valence-corrected chi connectivity index (χ0v) is 15.2. The minimum atomic E-state index is -2.41. The Labute approximate surface area is 158 Å². The van der Waals surface area contributed by atoms with Crippen LogP contribution in [0.3, 0.4) is 0 Å². The van der Waals surface area contributed by atoms with Gasteiger partial charge in [-0.05, 0) is 42.0 Å². The van der Waals surface area contributed by atoms with E-state index in [4.69, 9.17) is 0 Å². The highest BCUT2D eigenvalue weighted by atomic mass is 32.2. The summed E-state index contributed by atoms with van der Waals surface area (Å²) in [6.45, 7) is 2.61. The van der Waals surface area contributed by atoms with Gasteiger partial charge in [0.1, 0.15) is 11.6 Å². The van der Waals surface area contributed by atoms with Crippen LogP contribution in [0.1, 0.15) is 15.9 Å². The molecule has 0 aromatic heterocycles. The molecule has 1 aliphatic rings. The highest BCUT2D eigenvalue weighted by Crippen LogP contribution is 2.15. The van der Waals surface area contributed by atoms with Gasteiger partial charge in [-0.25, -0.2) is 8.78 Å². The van der Waals surface area contributed by atoms with Crippen molar-refractivity contribution in [3.8, 4) is 0 Å². The van der Waals surface area contributed by atoms with Crippen molar-refractivity contribution in [3.05, 3.63) is 65.2 Å². The van der Waals surface area contributed by atoms with Crippen LogP contribution in [-0.2, 0) is 17.8 Å². The van der Waals surface area contributed by atoms with Crippen LogP contribution in [0.5, 0.6) is 0 Å². The molecule has 1 fully saturated rings. The minimum absolute atomic E-state index is 0.138. The van der Waals surface area contributed by atoms with E-state index in [2.05, 4.69) is 4.72 Å². The Balaban J connectivity index is 1.55. The third kappa shape index (κ3) is 5.31. The molecular weight excluding hydrogens is 376 g/mol. The summed E-state index contributed by atoms with van der Waals surface area (Å²) in [7, 11) is 0. The summed E-state index contributed by atoms with van der Waals surface area (Å²) in [5.41, 5.74) is 1.41. The zero-order chi connectivity index (χ0) is 19.4. The van der Waals surface area contributed by atoms with Crippen LogP contribution in [0.15, 0.2) is 42.5 Å². The van der Waals surface area contributed by atoms with Crippen molar-refractivity contribution in [2.24, 2.45) is 0 Å². The van der Waals surface area contributed by atoms with Crippen LogP contribution in [0.25, 0.3) is 0 Å². The maximum atomic E-state index is 13.3. The Morgan fingerprint density at radius 1 is 1.04 bits per heavy atom. The van der Waals surface area contributed by atoms with Crippen molar-refractivity contribution in [3.63, 3.8) is 0 Å². The summed E-state index contributed by atoms with van der Waals surface area (Å²) in [5.74, 6) is -1.34. The third-order valence-electron chi connectivity index (χ3n) is 4.32. The number of nitrogens with one attached hydrogen (secondary N) is 1. The minimum Gasteiger partial charge on any atom is -0.755 e. The Morgan fingerprint density at radius 2 is 1.63 bits per heavy atom. The number of anilines is 1. The lowest BCUT2D eigenvalue weighted by molar-refractivity contribution is 0.0628. The quantitative estimate of drug-likeness (QED) is 0.789. The van der Waals surface area contributed by atoms with Crippen molar-refractivity contribution >= 4 is 22.9 Å². The average molecular weight is 394 g/mol. The molecule has 6 nitrogen and oxygen atoms in total. The normalized spacial score (nSPS) is 16.2. The summed E-state index contributed by atoms with van der Waals surface area (Å²) in [6.07, 6.45) is 0. The lowest BCUT2D eigenvalue weighted by atomic mass is 10.1. The van der Waals surface area contributed by atoms with E-state index < -0.39 is 22.9 Å². The van der Waals surface area contributed by atoms with Gasteiger partial charge in [-0.3, -0.25) is 13.9 Å². The molecule has 1 saturated heterocycles. The lowest BCUT2D eigenvalue weighted by Crippen LogP contribution is -2.48. The number of carbonyl (C=O) groups excluding carboxylic acids is 1. The predicted molar refractivity (Wildman–Crippen MR) is 96.5 cm³/mol. The molecule has 1 unspecified atom stereocenters. The first kappa shape index (κ1) is 19.4. The zero-order valence-electron chi connectivity index (χ0n) is 14.4. The average Bonchev–Trinajstić information content (AvgIpc) is 2.61. The van der Waals surface area contributed by atoms with Gasteiger partial charge in [0.15, 0.2) is 0 Å². The van der Waals surface area contributed by atoms with Crippen LogP contribution >= 0.6 is 0 Å². The Morgan fingerprint density at radius 3 is 2.19 bits per heavy atom. The van der Waals surface area contributed by atoms with Gasteiger partial charge in [-0.1, -0.05) is 0 Å². The summed E-state index contributed by atoms with van der Waals surface area (Å²) in [6, 6.07) is 9.65. The van der Waals surface area contributed by atoms with Crippen molar-refractivity contribution < 1.29 is 22.3 Å². The van der Waals surface area contributed by atoms with E-state index in [0.29, 0.717) is 49.5 Å². The molecule has 1 atom stereocenters. The number of carbonyl (C=O) groups is 1. The van der Waals surface area contributed by atoms with Gasteiger partial charge in [0.05, 0.1) is 0 Å². The monoisotopic (exact) mass is 394 g/mol. The van der Waals surface area contributed by atoms with Crippen LogP contribution in [0.4, 0.5) is 14.5 Å². The topological polar surface area (TPSA) is 75.7 Å². The molecule has 3 rings (SSSR count). The number of nitrogens with zero attached hydrogens (tertiary/aromatic N) is 2. The SMILES string of the molecule is O=C(c1ccc(NS(=O)[O-])cc1)N1CCN(Cc2cc(F)cc(F)c2)CC1. The van der Waals surface area contributed by atoms with E-state index in [1.165, 1.54) is 24.3 Å². The highest BCUT2D eigenvalue weighted by Gasteiger charge is 2.22. The molecule has 2 aromatic carbocycles. The van der Waals surface area contributed by atoms with Gasteiger partial charge in [-0.2, -0.15) is 0 Å². The number of hydrogen-bond donors (Lipinski definition) is 1. The first-order valence-electron chi connectivity index (χ1n) is 8.33. The first-order valence-corrected chi connectivity index (χ1v) is 9.41. The lowest BCUT2D eigenvalue weighted by Gasteiger charge is -2.34. The Bertz CT molecular complexity index is 820. The van der Waals surface area contributed by atoms with E-state index in [0.717, 1.165) is 6.07 Å².